The molecule has 1 aromatic heterocycles. The van der Waals surface area contributed by atoms with Crippen molar-refractivity contribution in [2.24, 2.45) is 18.7 Å². The lowest BCUT2D eigenvalue weighted by Crippen LogP contribution is -2.54. The molecular weight excluding hydrogens is 311 g/mol. The first-order valence-corrected chi connectivity index (χ1v) is 8.25. The van der Waals surface area contributed by atoms with Gasteiger partial charge in [0.25, 0.3) is 0 Å². The third kappa shape index (κ3) is 3.80. The Morgan fingerprint density at radius 3 is 2.62 bits per heavy atom. The molecule has 0 unspecified atom stereocenters. The molecule has 1 saturated heterocycles. The maximum atomic E-state index is 11.7. The molecule has 2 rings (SSSR count). The molecule has 1 aromatic rings. The van der Waals surface area contributed by atoms with Crippen molar-refractivity contribution in [1.82, 2.24) is 14.7 Å². The summed E-state index contributed by atoms with van der Waals surface area (Å²) in [7, 11) is 0.531. The van der Waals surface area contributed by atoms with E-state index >= 15 is 0 Å². The zero-order valence-electron chi connectivity index (χ0n) is 14.6. The number of hydrogen-bond acceptors (Lipinski definition) is 6. The molecule has 0 saturated carbocycles. The number of carbonyl (C=O) groups is 1. The number of carboxylic acid groups (broad SMARTS) is 1. The van der Waals surface area contributed by atoms with E-state index in [1.807, 2.05) is 25.6 Å². The lowest BCUT2D eigenvalue weighted by molar-refractivity contribution is -0.144. The minimum Gasteiger partial charge on any atom is -0.480 e. The van der Waals surface area contributed by atoms with Crippen molar-refractivity contribution in [3.05, 3.63) is 17.0 Å². The van der Waals surface area contributed by atoms with Crippen LogP contribution in [0, 0.1) is 19.8 Å². The van der Waals surface area contributed by atoms with Crippen LogP contribution in [-0.2, 0) is 18.4 Å². The van der Waals surface area contributed by atoms with Crippen LogP contribution in [0.2, 0.25) is 6.32 Å². The van der Waals surface area contributed by atoms with Gasteiger partial charge in [-0.15, -0.1) is 0 Å². The third-order valence-corrected chi connectivity index (χ3v) is 5.15. The van der Waals surface area contributed by atoms with Gasteiger partial charge in [-0.2, -0.15) is 5.10 Å². The normalized spacial score (nSPS) is 24.5. The van der Waals surface area contributed by atoms with Gasteiger partial charge in [0, 0.05) is 43.9 Å². The second kappa shape index (κ2) is 7.22. The number of aliphatic carboxylic acids is 1. The summed E-state index contributed by atoms with van der Waals surface area (Å²) in [6, 6.07) is 0. The summed E-state index contributed by atoms with van der Waals surface area (Å²) in [5.41, 5.74) is 8.02. The summed E-state index contributed by atoms with van der Waals surface area (Å²) in [5, 5.41) is 31.9. The van der Waals surface area contributed by atoms with E-state index in [2.05, 4.69) is 10.00 Å². The number of likely N-dealkylation sites (tertiary alicyclic amines) is 1. The maximum absolute atomic E-state index is 11.7. The van der Waals surface area contributed by atoms with Gasteiger partial charge in [-0.3, -0.25) is 14.4 Å². The molecule has 9 heteroatoms. The molecule has 2 heterocycles. The molecule has 1 aliphatic rings. The monoisotopic (exact) mass is 338 g/mol. The van der Waals surface area contributed by atoms with Crippen molar-refractivity contribution in [1.29, 1.82) is 0 Å². The smallest absolute Gasteiger partial charge is 0.451 e. The van der Waals surface area contributed by atoms with Crippen molar-refractivity contribution < 1.29 is 19.9 Å². The van der Waals surface area contributed by atoms with Crippen LogP contribution in [0.15, 0.2) is 0 Å². The van der Waals surface area contributed by atoms with Crippen LogP contribution < -0.4 is 5.73 Å². The van der Waals surface area contributed by atoms with Gasteiger partial charge < -0.3 is 20.9 Å². The lowest BCUT2D eigenvalue weighted by atomic mass is 9.78. The van der Waals surface area contributed by atoms with Gasteiger partial charge in [0.15, 0.2) is 0 Å². The zero-order chi connectivity index (χ0) is 18.1. The van der Waals surface area contributed by atoms with E-state index in [1.165, 1.54) is 0 Å². The lowest BCUT2D eigenvalue weighted by Gasteiger charge is -2.25. The Kier molecular flexibility index (Phi) is 5.69. The number of aryl methyl sites for hydroxylation is 2. The van der Waals surface area contributed by atoms with Crippen molar-refractivity contribution in [2.45, 2.75) is 45.1 Å². The first kappa shape index (κ1) is 18.9. The van der Waals surface area contributed by atoms with E-state index in [0.29, 0.717) is 25.9 Å². The predicted octanol–water partition coefficient (Wildman–Crippen LogP) is -0.496. The summed E-state index contributed by atoms with van der Waals surface area (Å²) >= 11 is 0. The quantitative estimate of drug-likeness (QED) is 0.494. The Morgan fingerprint density at radius 2 is 2.12 bits per heavy atom. The number of carboxylic acids is 1. The van der Waals surface area contributed by atoms with Gasteiger partial charge in [0.2, 0.25) is 0 Å². The van der Waals surface area contributed by atoms with E-state index in [9.17, 15) is 9.90 Å². The summed E-state index contributed by atoms with van der Waals surface area (Å²) in [6.07, 6.45) is 1.32. The van der Waals surface area contributed by atoms with E-state index in [4.69, 9.17) is 15.8 Å². The SMILES string of the molecule is Cc1nn(C)c(C)c1CN1C[C@H](CCCB(O)O)[C@](N)(C(=O)O)C1. The molecule has 0 radical (unpaired) electrons. The molecular formula is C15H27BN4O4. The molecule has 0 aromatic carbocycles. The second-order valence-corrected chi connectivity index (χ2v) is 6.90. The number of rotatable bonds is 7. The van der Waals surface area contributed by atoms with Crippen molar-refractivity contribution in [2.75, 3.05) is 13.1 Å². The molecule has 1 fully saturated rings. The highest BCUT2D eigenvalue weighted by Gasteiger charge is 2.49. The Morgan fingerprint density at radius 1 is 1.46 bits per heavy atom. The van der Waals surface area contributed by atoms with Crippen LogP contribution in [0.5, 0.6) is 0 Å². The Hall–Kier alpha value is -1.42. The Balaban J connectivity index is 2.09. The van der Waals surface area contributed by atoms with Crippen LogP contribution >= 0.6 is 0 Å². The molecule has 0 bridgehead atoms. The van der Waals surface area contributed by atoms with Gasteiger partial charge in [-0.25, -0.2) is 0 Å². The minimum absolute atomic E-state index is 0.217. The molecule has 1 aliphatic heterocycles. The maximum Gasteiger partial charge on any atom is 0.451 e. The molecule has 0 amide bonds. The first-order chi connectivity index (χ1) is 11.1. The first-order valence-electron chi connectivity index (χ1n) is 8.25. The van der Waals surface area contributed by atoms with Crippen LogP contribution in [-0.4, -0.2) is 61.6 Å². The summed E-state index contributed by atoms with van der Waals surface area (Å²) in [5.74, 6) is -1.22. The highest BCUT2D eigenvalue weighted by Crippen LogP contribution is 2.32. The highest BCUT2D eigenvalue weighted by molar-refractivity contribution is 6.40. The van der Waals surface area contributed by atoms with Gasteiger partial charge >= 0.3 is 13.1 Å². The minimum atomic E-state index is -1.36. The highest BCUT2D eigenvalue weighted by atomic mass is 16.4. The molecule has 5 N–H and O–H groups in total. The summed E-state index contributed by atoms with van der Waals surface area (Å²) in [4.78, 5) is 13.8. The standard InChI is InChI=1S/C15H27BN4O4/c1-10-13(11(2)19(3)18-10)8-20-7-12(5-4-6-16(23)24)15(17,9-20)14(21)22/h12,23-24H,4-9,17H2,1-3H3,(H,21,22)/t12-,15-/m0/s1. The molecule has 0 spiro atoms. The average molecular weight is 338 g/mol. The fraction of sp³-hybridized carbons (Fsp3) is 0.733. The van der Waals surface area contributed by atoms with Gasteiger partial charge in [0.05, 0.1) is 5.69 Å². The molecule has 24 heavy (non-hydrogen) atoms. The zero-order valence-corrected chi connectivity index (χ0v) is 14.6. The summed E-state index contributed by atoms with van der Waals surface area (Å²) < 4.78 is 1.83. The van der Waals surface area contributed by atoms with Crippen molar-refractivity contribution in [3.8, 4) is 0 Å². The van der Waals surface area contributed by atoms with E-state index in [0.717, 1.165) is 17.0 Å². The topological polar surface area (TPSA) is 125 Å². The molecule has 0 aliphatic carbocycles. The van der Waals surface area contributed by atoms with E-state index < -0.39 is 18.6 Å². The largest absolute Gasteiger partial charge is 0.480 e. The predicted molar refractivity (Wildman–Crippen MR) is 90.2 cm³/mol. The van der Waals surface area contributed by atoms with Gasteiger partial charge in [0.1, 0.15) is 5.54 Å². The number of nitrogens with two attached hydrogens (primary N) is 1. The average Bonchev–Trinajstić information content (AvgIpc) is 2.92. The van der Waals surface area contributed by atoms with Crippen molar-refractivity contribution >= 4 is 13.1 Å². The fourth-order valence-electron chi connectivity index (χ4n) is 3.57. The second-order valence-electron chi connectivity index (χ2n) is 6.90. The fourth-order valence-corrected chi connectivity index (χ4v) is 3.57. The van der Waals surface area contributed by atoms with E-state index in [-0.39, 0.29) is 18.8 Å². The van der Waals surface area contributed by atoms with Crippen LogP contribution in [0.3, 0.4) is 0 Å². The van der Waals surface area contributed by atoms with Crippen molar-refractivity contribution in [3.63, 3.8) is 0 Å². The Labute approximate surface area is 142 Å². The number of hydrogen-bond donors (Lipinski definition) is 4. The van der Waals surface area contributed by atoms with Crippen LogP contribution in [0.4, 0.5) is 0 Å². The molecule has 8 nitrogen and oxygen atoms in total. The van der Waals surface area contributed by atoms with E-state index in [1.54, 1.807) is 0 Å². The number of aromatic nitrogens is 2. The Bertz CT molecular complexity index is 607. The third-order valence-electron chi connectivity index (χ3n) is 5.15. The molecule has 2 atom stereocenters. The van der Waals surface area contributed by atoms with Crippen LogP contribution in [0.25, 0.3) is 0 Å². The number of nitrogens with zero attached hydrogens (tertiary/aromatic N) is 3. The molecule has 134 valence electrons. The van der Waals surface area contributed by atoms with Gasteiger partial charge in [-0.1, -0.05) is 6.42 Å². The van der Waals surface area contributed by atoms with Gasteiger partial charge in [-0.05, 0) is 26.6 Å². The summed E-state index contributed by atoms with van der Waals surface area (Å²) in [6.45, 7) is 5.43. The van der Waals surface area contributed by atoms with Crippen LogP contribution in [0.1, 0.15) is 29.8 Å².